The highest BCUT2D eigenvalue weighted by molar-refractivity contribution is 7.49. The van der Waals surface area contributed by atoms with Gasteiger partial charge in [-0.05, 0) is 60.7 Å². The van der Waals surface area contributed by atoms with Crippen LogP contribution in [0, 0.1) is 0 Å². The summed E-state index contributed by atoms with van der Waals surface area (Å²) in [4.78, 5) is 23.2. The van der Waals surface area contributed by atoms with E-state index in [2.05, 4.69) is 0 Å². The summed E-state index contributed by atoms with van der Waals surface area (Å²) >= 11 is 0. The first kappa shape index (κ1) is 27.9. The van der Waals surface area contributed by atoms with Gasteiger partial charge in [0.2, 0.25) is 0 Å². The Morgan fingerprint density at radius 2 is 0.650 bits per heavy atom. The average molecular weight is 553 g/mol. The van der Waals surface area contributed by atoms with Crippen LogP contribution in [-0.4, -0.2) is 11.9 Å². The van der Waals surface area contributed by atoms with Crippen LogP contribution in [-0.2, 0) is 9.30 Å². The summed E-state index contributed by atoms with van der Waals surface area (Å²) in [7, 11) is -3.89. The number of rotatable bonds is 8. The van der Waals surface area contributed by atoms with Crippen LogP contribution in [0.3, 0.4) is 0 Å². The van der Waals surface area contributed by atoms with E-state index in [0.29, 0.717) is 28.4 Å². The van der Waals surface area contributed by atoms with Crippen molar-refractivity contribution in [2.24, 2.45) is 0 Å². The summed E-state index contributed by atoms with van der Waals surface area (Å²) in [6, 6.07) is 43.2. The van der Waals surface area contributed by atoms with E-state index in [1.807, 2.05) is 18.2 Å². The fourth-order valence-electron chi connectivity index (χ4n) is 3.24. The number of hydrogen-bond donors (Lipinski definition) is 0. The van der Waals surface area contributed by atoms with E-state index in [4.69, 9.17) is 18.3 Å². The number of esters is 2. The summed E-state index contributed by atoms with van der Waals surface area (Å²) in [6.07, 6.45) is 0. The van der Waals surface area contributed by atoms with Crippen molar-refractivity contribution in [2.75, 3.05) is 0 Å². The minimum absolute atomic E-state index is 0.358. The van der Waals surface area contributed by atoms with E-state index in [1.54, 1.807) is 133 Å². The predicted octanol–water partition coefficient (Wildman–Crippen LogP) is 8.02. The van der Waals surface area contributed by atoms with Crippen LogP contribution < -0.4 is 13.6 Å². The normalized spacial score (nSPS) is 10.3. The van der Waals surface area contributed by atoms with Crippen LogP contribution in [0.25, 0.3) is 0 Å². The molecule has 0 radical (unpaired) electrons. The summed E-state index contributed by atoms with van der Waals surface area (Å²) in [5.74, 6) is -0.0630. The molecule has 0 saturated carbocycles. The van der Waals surface area contributed by atoms with E-state index < -0.39 is 19.8 Å². The van der Waals surface area contributed by atoms with Crippen molar-refractivity contribution < 1.29 is 32.5 Å². The number of para-hydroxylation sites is 3. The first-order valence-electron chi connectivity index (χ1n) is 12.2. The number of phosphoric acid groups is 1. The standard InChI is InChI=1S/C18H15O4P.C14H10O3/c19-23(20-16-10-4-1-5-11-16,21-17-12-6-2-7-13-17)22-18-14-8-3-9-15-18;15-13(11-7-3-1-4-8-11)17-14(16)12-9-5-2-6-10-12/h1-15H;1-10H. The zero-order valence-electron chi connectivity index (χ0n) is 21.2. The van der Waals surface area contributed by atoms with Gasteiger partial charge in [0.1, 0.15) is 17.2 Å². The zero-order valence-corrected chi connectivity index (χ0v) is 22.1. The molecule has 40 heavy (non-hydrogen) atoms. The molecule has 0 aromatic heterocycles. The second-order valence-electron chi connectivity index (χ2n) is 8.07. The van der Waals surface area contributed by atoms with E-state index in [9.17, 15) is 14.2 Å². The topological polar surface area (TPSA) is 88.1 Å². The SMILES string of the molecule is O=C(OC(=O)c1ccccc1)c1ccccc1.O=P(Oc1ccccc1)(Oc1ccccc1)Oc1ccccc1. The Bertz CT molecular complexity index is 1370. The molecule has 0 fully saturated rings. The van der Waals surface area contributed by atoms with Crippen LogP contribution in [0.4, 0.5) is 0 Å². The van der Waals surface area contributed by atoms with E-state index in [-0.39, 0.29) is 0 Å². The predicted molar refractivity (Wildman–Crippen MR) is 151 cm³/mol. The monoisotopic (exact) mass is 552 g/mol. The molecule has 7 nitrogen and oxygen atoms in total. The average Bonchev–Trinajstić information content (AvgIpc) is 2.99. The molecule has 8 heteroatoms. The van der Waals surface area contributed by atoms with Gasteiger partial charge >= 0.3 is 19.8 Å². The smallest absolute Gasteiger partial charge is 0.386 e. The van der Waals surface area contributed by atoms with Crippen molar-refractivity contribution >= 4 is 19.8 Å². The first-order chi connectivity index (χ1) is 19.5. The maximum atomic E-state index is 13.1. The van der Waals surface area contributed by atoms with Crippen molar-refractivity contribution in [3.05, 3.63) is 163 Å². The second kappa shape index (κ2) is 14.1. The molecule has 0 unspecified atom stereocenters. The molecule has 0 N–H and O–H groups in total. The lowest BCUT2D eigenvalue weighted by Gasteiger charge is -2.19. The summed E-state index contributed by atoms with van der Waals surface area (Å²) < 4.78 is 34.4. The van der Waals surface area contributed by atoms with Crippen molar-refractivity contribution in [2.45, 2.75) is 0 Å². The highest BCUT2D eigenvalue weighted by Gasteiger charge is 2.33. The van der Waals surface area contributed by atoms with Gasteiger partial charge in [-0.25, -0.2) is 9.59 Å². The lowest BCUT2D eigenvalue weighted by atomic mass is 10.2. The molecule has 0 spiro atoms. The molecule has 0 amide bonds. The van der Waals surface area contributed by atoms with E-state index in [0.717, 1.165) is 0 Å². The van der Waals surface area contributed by atoms with Crippen LogP contribution >= 0.6 is 7.82 Å². The molecular weight excluding hydrogens is 527 g/mol. The van der Waals surface area contributed by atoms with Gasteiger partial charge in [-0.1, -0.05) is 91.0 Å². The van der Waals surface area contributed by atoms with Crippen LogP contribution in [0.2, 0.25) is 0 Å². The number of benzene rings is 5. The first-order valence-corrected chi connectivity index (χ1v) is 13.7. The third-order valence-electron chi connectivity index (χ3n) is 5.09. The van der Waals surface area contributed by atoms with Crippen molar-refractivity contribution in [3.63, 3.8) is 0 Å². The van der Waals surface area contributed by atoms with Crippen LogP contribution in [0.15, 0.2) is 152 Å². The Balaban J connectivity index is 0.000000194. The molecule has 0 bridgehead atoms. The Labute approximate surface area is 232 Å². The van der Waals surface area contributed by atoms with E-state index >= 15 is 0 Å². The molecule has 0 heterocycles. The van der Waals surface area contributed by atoms with Crippen LogP contribution in [0.1, 0.15) is 20.7 Å². The second-order valence-corrected chi connectivity index (χ2v) is 9.51. The fourth-order valence-corrected chi connectivity index (χ4v) is 4.49. The molecule has 0 aliphatic rings. The largest absolute Gasteiger partial charge is 0.647 e. The van der Waals surface area contributed by atoms with Crippen molar-refractivity contribution in [1.82, 2.24) is 0 Å². The van der Waals surface area contributed by atoms with Gasteiger partial charge in [-0.3, -0.25) is 0 Å². The molecule has 200 valence electrons. The summed E-state index contributed by atoms with van der Waals surface area (Å²) in [6.45, 7) is 0. The molecule has 5 aromatic carbocycles. The van der Waals surface area contributed by atoms with Gasteiger partial charge in [-0.2, -0.15) is 4.57 Å². The van der Waals surface area contributed by atoms with E-state index in [1.165, 1.54) is 0 Å². The molecule has 0 saturated heterocycles. The number of carbonyl (C=O) groups excluding carboxylic acids is 2. The molecule has 0 atom stereocenters. The number of phosphoric ester groups is 1. The van der Waals surface area contributed by atoms with Crippen molar-refractivity contribution in [3.8, 4) is 17.2 Å². The Morgan fingerprint density at radius 1 is 0.400 bits per heavy atom. The maximum Gasteiger partial charge on any atom is 0.647 e. The van der Waals surface area contributed by atoms with Gasteiger partial charge in [0.25, 0.3) is 0 Å². The van der Waals surface area contributed by atoms with Crippen LogP contribution in [0.5, 0.6) is 17.2 Å². The number of ether oxygens (including phenoxy) is 1. The summed E-state index contributed by atoms with van der Waals surface area (Å²) in [5.41, 5.74) is 0.716. The lowest BCUT2D eigenvalue weighted by molar-refractivity contribution is 0.0397. The molecule has 0 aliphatic heterocycles. The highest BCUT2D eigenvalue weighted by Crippen LogP contribution is 2.49. The minimum atomic E-state index is -3.89. The fraction of sp³-hybridized carbons (Fsp3) is 0. The third kappa shape index (κ3) is 8.72. The summed E-state index contributed by atoms with van der Waals surface area (Å²) in [5, 5.41) is 0. The van der Waals surface area contributed by atoms with Gasteiger partial charge in [0.15, 0.2) is 0 Å². The van der Waals surface area contributed by atoms with Gasteiger partial charge in [-0.15, -0.1) is 0 Å². The van der Waals surface area contributed by atoms with Gasteiger partial charge in [0, 0.05) is 0 Å². The van der Waals surface area contributed by atoms with Crippen molar-refractivity contribution in [1.29, 1.82) is 0 Å². The quantitative estimate of drug-likeness (QED) is 0.109. The van der Waals surface area contributed by atoms with Gasteiger partial charge in [0.05, 0.1) is 11.1 Å². The molecule has 5 aromatic rings. The number of carbonyl (C=O) groups is 2. The number of hydrogen-bond acceptors (Lipinski definition) is 7. The Hall–Kier alpha value is -5.13. The molecule has 5 rings (SSSR count). The molecular formula is C32H25O7P. The Morgan fingerprint density at radius 3 is 0.925 bits per heavy atom. The zero-order chi connectivity index (χ0) is 28.0. The highest BCUT2D eigenvalue weighted by atomic mass is 31.2. The minimum Gasteiger partial charge on any atom is -0.386 e. The lowest BCUT2D eigenvalue weighted by Crippen LogP contribution is -2.12. The maximum absolute atomic E-state index is 13.1. The van der Waals surface area contributed by atoms with Gasteiger partial charge < -0.3 is 18.3 Å². The third-order valence-corrected chi connectivity index (χ3v) is 6.39. The Kier molecular flexibility index (Phi) is 9.86. The molecule has 0 aliphatic carbocycles.